The summed E-state index contributed by atoms with van der Waals surface area (Å²) in [4.78, 5) is 10.8. The number of rotatable bonds is 3. The van der Waals surface area contributed by atoms with E-state index in [9.17, 15) is 9.90 Å². The van der Waals surface area contributed by atoms with Crippen LogP contribution in [0, 0.1) is 0 Å². The van der Waals surface area contributed by atoms with Crippen LogP contribution in [0.3, 0.4) is 0 Å². The predicted octanol–water partition coefficient (Wildman–Crippen LogP) is 0.637. The Morgan fingerprint density at radius 1 is 1.64 bits per heavy atom. The third-order valence-electron chi connectivity index (χ3n) is 1.82. The van der Waals surface area contributed by atoms with Crippen molar-refractivity contribution >= 4 is 11.6 Å². The predicted molar refractivity (Wildman–Crippen MR) is 54.8 cm³/mol. The molecule has 0 aliphatic carbocycles. The van der Waals surface area contributed by atoms with Crippen LogP contribution >= 0.6 is 0 Å². The molecule has 1 atom stereocenters. The Morgan fingerprint density at radius 3 is 2.93 bits per heavy atom. The highest BCUT2D eigenvalue weighted by molar-refractivity contribution is 5.88. The molecular formula is C10H14N2O2. The first kappa shape index (κ1) is 10.7. The van der Waals surface area contributed by atoms with E-state index in [4.69, 9.17) is 5.73 Å². The van der Waals surface area contributed by atoms with Crippen LogP contribution in [0.5, 0.6) is 0 Å². The van der Waals surface area contributed by atoms with Gasteiger partial charge in [-0.15, -0.1) is 0 Å². The first-order valence-corrected chi connectivity index (χ1v) is 4.39. The largest absolute Gasteiger partial charge is 0.387 e. The SMILES string of the molecule is CC(=O)Nc1cccc([C@@H](O)CN)c1. The number of aliphatic hydroxyl groups is 1. The molecule has 0 heterocycles. The smallest absolute Gasteiger partial charge is 0.221 e. The van der Waals surface area contributed by atoms with Crippen molar-refractivity contribution in [2.24, 2.45) is 5.73 Å². The summed E-state index contributed by atoms with van der Waals surface area (Å²) >= 11 is 0. The summed E-state index contributed by atoms with van der Waals surface area (Å²) in [5.41, 5.74) is 6.69. The fourth-order valence-electron chi connectivity index (χ4n) is 1.16. The van der Waals surface area contributed by atoms with Crippen LogP contribution in [-0.2, 0) is 4.79 Å². The van der Waals surface area contributed by atoms with Gasteiger partial charge >= 0.3 is 0 Å². The second-order valence-electron chi connectivity index (χ2n) is 3.06. The van der Waals surface area contributed by atoms with Crippen molar-refractivity contribution in [3.8, 4) is 0 Å². The van der Waals surface area contributed by atoms with Crippen LogP contribution in [0.4, 0.5) is 5.69 Å². The van der Waals surface area contributed by atoms with E-state index < -0.39 is 6.10 Å². The normalized spacial score (nSPS) is 12.2. The fourth-order valence-corrected chi connectivity index (χ4v) is 1.16. The molecule has 4 heteroatoms. The van der Waals surface area contributed by atoms with Gasteiger partial charge in [0, 0.05) is 19.2 Å². The quantitative estimate of drug-likeness (QED) is 0.660. The van der Waals surface area contributed by atoms with Crippen molar-refractivity contribution in [1.82, 2.24) is 0 Å². The number of nitrogens with one attached hydrogen (secondary N) is 1. The van der Waals surface area contributed by atoms with Crippen molar-refractivity contribution < 1.29 is 9.90 Å². The van der Waals surface area contributed by atoms with Crippen molar-refractivity contribution in [1.29, 1.82) is 0 Å². The number of nitrogens with two attached hydrogens (primary N) is 1. The minimum atomic E-state index is -0.677. The van der Waals surface area contributed by atoms with Crippen molar-refractivity contribution in [2.75, 3.05) is 11.9 Å². The first-order valence-electron chi connectivity index (χ1n) is 4.39. The number of anilines is 1. The zero-order chi connectivity index (χ0) is 10.6. The van der Waals surface area contributed by atoms with E-state index in [1.807, 2.05) is 0 Å². The molecule has 1 aromatic rings. The lowest BCUT2D eigenvalue weighted by molar-refractivity contribution is -0.114. The molecule has 76 valence electrons. The number of benzene rings is 1. The summed E-state index contributed by atoms with van der Waals surface area (Å²) in [7, 11) is 0. The number of hydrogen-bond acceptors (Lipinski definition) is 3. The molecule has 0 bridgehead atoms. The second-order valence-corrected chi connectivity index (χ2v) is 3.06. The van der Waals surface area contributed by atoms with Gasteiger partial charge in [0.1, 0.15) is 0 Å². The molecule has 4 nitrogen and oxygen atoms in total. The number of aliphatic hydroxyl groups excluding tert-OH is 1. The number of carbonyl (C=O) groups is 1. The number of amides is 1. The molecule has 1 amide bonds. The Kier molecular flexibility index (Phi) is 3.62. The summed E-state index contributed by atoms with van der Waals surface area (Å²) in [6.07, 6.45) is -0.677. The third-order valence-corrected chi connectivity index (χ3v) is 1.82. The van der Waals surface area contributed by atoms with Crippen molar-refractivity contribution in [3.05, 3.63) is 29.8 Å². The lowest BCUT2D eigenvalue weighted by Crippen LogP contribution is -2.12. The molecule has 1 aromatic carbocycles. The van der Waals surface area contributed by atoms with Gasteiger partial charge in [-0.05, 0) is 17.7 Å². The number of hydrogen-bond donors (Lipinski definition) is 3. The Morgan fingerprint density at radius 2 is 2.36 bits per heavy atom. The molecule has 0 saturated heterocycles. The van der Waals surface area contributed by atoms with Gasteiger partial charge in [-0.2, -0.15) is 0 Å². The molecule has 14 heavy (non-hydrogen) atoms. The highest BCUT2D eigenvalue weighted by atomic mass is 16.3. The Bertz CT molecular complexity index is 326. The summed E-state index contributed by atoms with van der Waals surface area (Å²) in [6, 6.07) is 7.00. The van der Waals surface area contributed by atoms with Gasteiger partial charge < -0.3 is 16.2 Å². The van der Waals surface area contributed by atoms with E-state index >= 15 is 0 Å². The van der Waals surface area contributed by atoms with E-state index in [-0.39, 0.29) is 12.5 Å². The monoisotopic (exact) mass is 194 g/mol. The third kappa shape index (κ3) is 2.83. The van der Waals surface area contributed by atoms with Crippen LogP contribution < -0.4 is 11.1 Å². The van der Waals surface area contributed by atoms with Gasteiger partial charge in [0.05, 0.1) is 6.10 Å². The molecule has 0 spiro atoms. The van der Waals surface area contributed by atoms with Crippen molar-refractivity contribution in [3.63, 3.8) is 0 Å². The Labute approximate surface area is 82.7 Å². The van der Waals surface area contributed by atoms with Crippen LogP contribution in [0.1, 0.15) is 18.6 Å². The standard InChI is InChI=1S/C10H14N2O2/c1-7(13)12-9-4-2-3-8(5-9)10(14)6-11/h2-5,10,14H,6,11H2,1H3,(H,12,13)/t10-/m0/s1. The fraction of sp³-hybridized carbons (Fsp3) is 0.300. The van der Waals surface area contributed by atoms with Crippen LogP contribution in [0.15, 0.2) is 24.3 Å². The maximum absolute atomic E-state index is 10.8. The maximum atomic E-state index is 10.8. The molecular weight excluding hydrogens is 180 g/mol. The highest BCUT2D eigenvalue weighted by Crippen LogP contribution is 2.16. The van der Waals surface area contributed by atoms with Gasteiger partial charge in [-0.25, -0.2) is 0 Å². The summed E-state index contributed by atoms with van der Waals surface area (Å²) < 4.78 is 0. The highest BCUT2D eigenvalue weighted by Gasteiger charge is 2.05. The van der Waals surface area contributed by atoms with Gasteiger partial charge in [0.25, 0.3) is 0 Å². The average Bonchev–Trinajstić information content (AvgIpc) is 2.16. The summed E-state index contributed by atoms with van der Waals surface area (Å²) in [5.74, 6) is -0.135. The molecule has 4 N–H and O–H groups in total. The van der Waals surface area contributed by atoms with Gasteiger partial charge in [-0.1, -0.05) is 12.1 Å². The zero-order valence-corrected chi connectivity index (χ0v) is 8.03. The van der Waals surface area contributed by atoms with E-state index in [1.165, 1.54) is 6.92 Å². The topological polar surface area (TPSA) is 75.3 Å². The Balaban J connectivity index is 2.83. The summed E-state index contributed by atoms with van der Waals surface area (Å²) in [5, 5.41) is 12.1. The van der Waals surface area contributed by atoms with E-state index in [0.717, 1.165) is 0 Å². The number of carbonyl (C=O) groups excluding carboxylic acids is 1. The van der Waals surface area contributed by atoms with E-state index in [2.05, 4.69) is 5.32 Å². The minimum absolute atomic E-state index is 0.135. The lowest BCUT2D eigenvalue weighted by atomic mass is 10.1. The minimum Gasteiger partial charge on any atom is -0.387 e. The van der Waals surface area contributed by atoms with Crippen LogP contribution in [-0.4, -0.2) is 17.6 Å². The molecule has 0 unspecified atom stereocenters. The molecule has 0 aliphatic heterocycles. The first-order chi connectivity index (χ1) is 6.63. The zero-order valence-electron chi connectivity index (χ0n) is 8.03. The van der Waals surface area contributed by atoms with E-state index in [0.29, 0.717) is 11.3 Å². The van der Waals surface area contributed by atoms with Gasteiger partial charge in [0.2, 0.25) is 5.91 Å². The molecule has 0 fully saturated rings. The van der Waals surface area contributed by atoms with Crippen molar-refractivity contribution in [2.45, 2.75) is 13.0 Å². The van der Waals surface area contributed by atoms with Crippen LogP contribution in [0.25, 0.3) is 0 Å². The molecule has 0 radical (unpaired) electrons. The molecule has 0 saturated carbocycles. The summed E-state index contributed by atoms with van der Waals surface area (Å²) in [6.45, 7) is 1.61. The maximum Gasteiger partial charge on any atom is 0.221 e. The van der Waals surface area contributed by atoms with Gasteiger partial charge in [-0.3, -0.25) is 4.79 Å². The lowest BCUT2D eigenvalue weighted by Gasteiger charge is -2.09. The molecule has 1 rings (SSSR count). The molecule has 0 aliphatic rings. The average molecular weight is 194 g/mol. The van der Waals surface area contributed by atoms with Gasteiger partial charge in [0.15, 0.2) is 0 Å². The Hall–Kier alpha value is -1.39. The van der Waals surface area contributed by atoms with Crippen LogP contribution in [0.2, 0.25) is 0 Å². The second kappa shape index (κ2) is 4.74. The molecule has 0 aromatic heterocycles. The van der Waals surface area contributed by atoms with E-state index in [1.54, 1.807) is 24.3 Å².